The van der Waals surface area contributed by atoms with Crippen LogP contribution in [0.1, 0.15) is 81.3 Å². The Morgan fingerprint density at radius 1 is 0.817 bits per heavy atom. The highest BCUT2D eigenvalue weighted by atomic mass is 16.7. The zero-order valence-corrected chi connectivity index (χ0v) is 33.8. The van der Waals surface area contributed by atoms with Crippen molar-refractivity contribution in [3.8, 4) is 0 Å². The summed E-state index contributed by atoms with van der Waals surface area (Å²) in [4.78, 5) is 114. The first-order valence-electron chi connectivity index (χ1n) is 19.0. The van der Waals surface area contributed by atoms with Crippen molar-refractivity contribution >= 4 is 47.6 Å². The molecule has 3 heterocycles. The van der Waals surface area contributed by atoms with Gasteiger partial charge in [0.15, 0.2) is 41.4 Å². The van der Waals surface area contributed by atoms with Crippen LogP contribution >= 0.6 is 0 Å². The number of benzene rings is 1. The molecular formula is C41H45NO18. The number of hydrogen-bond donors (Lipinski definition) is 2. The van der Waals surface area contributed by atoms with E-state index in [0.29, 0.717) is 0 Å². The fraction of sp³-hybridized carbons (Fsp3) is 0.537. The molecule has 2 aliphatic heterocycles. The number of aryl methyl sites for hydroxylation is 1. The van der Waals surface area contributed by atoms with Gasteiger partial charge in [-0.05, 0) is 57.9 Å². The molecule has 4 bridgehead atoms. The van der Waals surface area contributed by atoms with Crippen LogP contribution in [-0.4, -0.2) is 129 Å². The summed E-state index contributed by atoms with van der Waals surface area (Å²) in [6.45, 7) is 5.11. The number of aliphatic hydroxyl groups is 2. The molecule has 19 heteroatoms. The lowest BCUT2D eigenvalue weighted by atomic mass is 9.45. The summed E-state index contributed by atoms with van der Waals surface area (Å²) in [6.07, 6.45) is -10.4. The summed E-state index contributed by atoms with van der Waals surface area (Å²) in [6, 6.07) is 10.1. The van der Waals surface area contributed by atoms with Gasteiger partial charge in [-0.15, -0.1) is 0 Å². The van der Waals surface area contributed by atoms with Crippen LogP contribution in [0, 0.1) is 11.3 Å². The lowest BCUT2D eigenvalue weighted by Gasteiger charge is -2.66. The molecule has 0 radical (unpaired) electrons. The average molecular weight is 840 g/mol. The number of hydrogen-bond acceptors (Lipinski definition) is 19. The van der Waals surface area contributed by atoms with Crippen molar-refractivity contribution in [2.24, 2.45) is 11.3 Å². The lowest BCUT2D eigenvalue weighted by Crippen LogP contribution is -2.88. The third kappa shape index (κ3) is 7.07. The van der Waals surface area contributed by atoms with Gasteiger partial charge in [-0.2, -0.15) is 0 Å². The minimum atomic E-state index is -2.99. The van der Waals surface area contributed by atoms with E-state index in [2.05, 4.69) is 4.98 Å². The van der Waals surface area contributed by atoms with E-state index in [0.717, 1.165) is 41.5 Å². The second kappa shape index (κ2) is 15.7. The van der Waals surface area contributed by atoms with Gasteiger partial charge >= 0.3 is 41.8 Å². The van der Waals surface area contributed by atoms with Gasteiger partial charge in [-0.25, -0.2) is 14.4 Å². The van der Waals surface area contributed by atoms with Crippen LogP contribution in [0.2, 0.25) is 0 Å². The van der Waals surface area contributed by atoms with E-state index in [4.69, 9.17) is 37.9 Å². The van der Waals surface area contributed by atoms with E-state index in [1.54, 1.807) is 6.07 Å². The van der Waals surface area contributed by atoms with Crippen molar-refractivity contribution in [1.82, 2.24) is 4.98 Å². The normalized spacial score (nSPS) is 35.9. The van der Waals surface area contributed by atoms with Crippen LogP contribution in [0.3, 0.4) is 0 Å². The molecule has 0 unspecified atom stereocenters. The number of ether oxygens (including phenoxy) is 8. The summed E-state index contributed by atoms with van der Waals surface area (Å²) in [5.41, 5.74) is -13.4. The third-order valence-electron chi connectivity index (χ3n) is 11.6. The Morgan fingerprint density at radius 2 is 1.45 bits per heavy atom. The monoisotopic (exact) mass is 839 g/mol. The Bertz CT molecular complexity index is 2120. The molecule has 2 saturated carbocycles. The minimum Gasteiger partial charge on any atom is -0.465 e. The Morgan fingerprint density at radius 3 is 2.07 bits per heavy atom. The molecule has 1 aromatic carbocycles. The van der Waals surface area contributed by atoms with Gasteiger partial charge in [0, 0.05) is 33.9 Å². The van der Waals surface area contributed by atoms with Gasteiger partial charge in [0.05, 0.1) is 22.7 Å². The number of Topliss-reactive ketones (excluding diaryl/α,β-unsaturated/α-hetero) is 1. The second-order valence-corrected chi connectivity index (χ2v) is 16.0. The molecule has 19 nitrogen and oxygen atoms in total. The molecule has 2 N–H and O–H groups in total. The van der Waals surface area contributed by atoms with Crippen molar-refractivity contribution in [3.05, 3.63) is 65.5 Å². The first-order valence-corrected chi connectivity index (χ1v) is 19.0. The van der Waals surface area contributed by atoms with Crippen LogP contribution in [-0.2, 0) is 73.1 Å². The highest BCUT2D eigenvalue weighted by molar-refractivity contribution is 5.94. The van der Waals surface area contributed by atoms with Crippen LogP contribution in [0.25, 0.3) is 0 Å². The molecule has 322 valence electrons. The zero-order chi connectivity index (χ0) is 44.2. The summed E-state index contributed by atoms with van der Waals surface area (Å²) in [7, 11) is 0. The van der Waals surface area contributed by atoms with Gasteiger partial charge in [0.25, 0.3) is 0 Å². The maximum atomic E-state index is 15.3. The standard InChI is InChI=1S/C41H45NO18/c1-20(43)53-19-40-31(56-22(3)45)28(47)27-30(55-21(2)44)41(40)39(7,52)32(29(33(40)57-23(4)46)58-34(48)24-12-9-8-10-13-24)59-36(50)37(5,51)16-15-26-25(14-11-17-42-26)35(49)54-18-38(27,6)60-41/h8-14,17,27,29-33,51-52H,15-16,18-19H2,1-7H3/t27-,29-,30+,31-,32-,33+,37+,38+,39+,40-,41+/m0/s1. The summed E-state index contributed by atoms with van der Waals surface area (Å²) in [5, 5.41) is 25.1. The Kier molecular flexibility index (Phi) is 11.4. The molecule has 3 fully saturated rings. The van der Waals surface area contributed by atoms with Gasteiger partial charge in [-0.3, -0.25) is 29.0 Å². The number of carbonyl (C=O) groups is 8. The first-order chi connectivity index (χ1) is 28.0. The van der Waals surface area contributed by atoms with Crippen LogP contribution in [0.15, 0.2) is 48.7 Å². The number of aromatic nitrogens is 1. The summed E-state index contributed by atoms with van der Waals surface area (Å²) in [5.74, 6) is -10.9. The van der Waals surface area contributed by atoms with Gasteiger partial charge in [0.2, 0.25) is 0 Å². The second-order valence-electron chi connectivity index (χ2n) is 16.0. The number of fused-ring (bicyclic) bond motifs is 5. The van der Waals surface area contributed by atoms with E-state index < -0.39 is 131 Å². The molecule has 0 amide bonds. The highest BCUT2D eigenvalue weighted by Crippen LogP contribution is 2.69. The molecule has 60 heavy (non-hydrogen) atoms. The van der Waals surface area contributed by atoms with Crippen molar-refractivity contribution < 1.29 is 86.5 Å². The predicted octanol–water partition coefficient (Wildman–Crippen LogP) is 0.909. The van der Waals surface area contributed by atoms with Crippen LogP contribution < -0.4 is 0 Å². The van der Waals surface area contributed by atoms with Crippen molar-refractivity contribution in [2.75, 3.05) is 13.2 Å². The molecule has 2 aliphatic carbocycles. The predicted molar refractivity (Wildman–Crippen MR) is 196 cm³/mol. The molecule has 1 aromatic heterocycles. The quantitative estimate of drug-likeness (QED) is 0.290. The largest absolute Gasteiger partial charge is 0.465 e. The molecule has 1 saturated heterocycles. The smallest absolute Gasteiger partial charge is 0.340 e. The third-order valence-corrected chi connectivity index (χ3v) is 11.6. The Hall–Kier alpha value is -5.79. The molecule has 6 rings (SSSR count). The minimum absolute atomic E-state index is 0.0831. The SMILES string of the molecule is CC(=O)OC[C@]12[C@H](OC(C)=O)[C@@H](OC(=O)c3ccccc3)[C@@H]3OC(=O)[C@](C)(O)CCc4ncccc4C(=O)OC[C@@]4(C)O[C@]1([C@H](OC(C)=O)[C@@H]4C(=O)[C@@H]2OC(C)=O)[C@]3(C)O. The maximum Gasteiger partial charge on any atom is 0.340 e. The number of pyridine rings is 1. The van der Waals surface area contributed by atoms with Crippen molar-refractivity contribution in [2.45, 2.75) is 114 Å². The number of carbonyl (C=O) groups excluding carboxylic acids is 8. The van der Waals surface area contributed by atoms with E-state index in [1.807, 2.05) is 0 Å². The number of rotatable bonds is 7. The van der Waals surface area contributed by atoms with E-state index in [9.17, 15) is 43.8 Å². The van der Waals surface area contributed by atoms with Crippen LogP contribution in [0.4, 0.5) is 0 Å². The van der Waals surface area contributed by atoms with E-state index in [1.165, 1.54) is 49.5 Å². The Balaban J connectivity index is 1.75. The molecule has 11 atom stereocenters. The Labute approximate surface area is 342 Å². The van der Waals surface area contributed by atoms with Crippen molar-refractivity contribution in [1.29, 1.82) is 0 Å². The first kappa shape index (κ1) is 43.8. The van der Waals surface area contributed by atoms with Gasteiger partial charge < -0.3 is 48.1 Å². The molecule has 1 spiro atoms. The van der Waals surface area contributed by atoms with Gasteiger partial charge in [0.1, 0.15) is 35.9 Å². The topological polar surface area (TPSA) is 264 Å². The average Bonchev–Trinajstić information content (AvgIpc) is 3.40. The maximum absolute atomic E-state index is 15.3. The highest BCUT2D eigenvalue weighted by Gasteiger charge is 2.91. The van der Waals surface area contributed by atoms with Crippen molar-refractivity contribution in [3.63, 3.8) is 0 Å². The zero-order valence-electron chi connectivity index (χ0n) is 33.8. The van der Waals surface area contributed by atoms with E-state index >= 15 is 4.79 Å². The number of cyclic esters (lactones) is 1. The summed E-state index contributed by atoms with van der Waals surface area (Å²) < 4.78 is 47.8. The fourth-order valence-corrected chi connectivity index (χ4v) is 9.17. The lowest BCUT2D eigenvalue weighted by molar-refractivity contribution is -0.376. The summed E-state index contributed by atoms with van der Waals surface area (Å²) >= 11 is 0. The number of ketones is 1. The van der Waals surface area contributed by atoms with Gasteiger partial charge in [-0.1, -0.05) is 18.2 Å². The molecule has 2 aromatic rings. The number of esters is 7. The van der Waals surface area contributed by atoms with E-state index in [-0.39, 0.29) is 23.2 Å². The van der Waals surface area contributed by atoms with Crippen LogP contribution in [0.5, 0.6) is 0 Å². The fourth-order valence-electron chi connectivity index (χ4n) is 9.17. The molecule has 4 aliphatic rings. The number of nitrogens with zero attached hydrogens (tertiary/aromatic N) is 1. The molecular weight excluding hydrogens is 794 g/mol.